The van der Waals surface area contributed by atoms with E-state index in [0.717, 1.165) is 57.2 Å². The maximum atomic E-state index is 13.1. The fourth-order valence-corrected chi connectivity index (χ4v) is 4.08. The van der Waals surface area contributed by atoms with Gasteiger partial charge < -0.3 is 14.2 Å². The normalized spacial score (nSPS) is 24.1. The summed E-state index contributed by atoms with van der Waals surface area (Å²) in [7, 11) is 0. The molecule has 3 rings (SSSR count). The van der Waals surface area contributed by atoms with Gasteiger partial charge in [0, 0.05) is 43.6 Å². The van der Waals surface area contributed by atoms with Gasteiger partial charge >= 0.3 is 0 Å². The summed E-state index contributed by atoms with van der Waals surface area (Å²) in [5.74, 6) is 0.0716. The van der Waals surface area contributed by atoms with Crippen molar-refractivity contribution < 1.29 is 14.0 Å². The van der Waals surface area contributed by atoms with Gasteiger partial charge in [-0.15, -0.1) is 0 Å². The van der Waals surface area contributed by atoms with Crippen LogP contribution in [0.5, 0.6) is 0 Å². The van der Waals surface area contributed by atoms with E-state index in [9.17, 15) is 9.59 Å². The topological polar surface area (TPSA) is 53.8 Å². The molecule has 1 saturated carbocycles. The van der Waals surface area contributed by atoms with Gasteiger partial charge in [0.2, 0.25) is 11.8 Å². The Bertz CT molecular complexity index is 549. The van der Waals surface area contributed by atoms with E-state index in [-0.39, 0.29) is 23.7 Å². The summed E-state index contributed by atoms with van der Waals surface area (Å²) < 4.78 is 5.11. The minimum atomic E-state index is -0.154. The molecule has 2 amide bonds. The summed E-state index contributed by atoms with van der Waals surface area (Å²) >= 11 is 0. The number of rotatable bonds is 5. The second-order valence-corrected chi connectivity index (χ2v) is 7.01. The maximum Gasteiger partial charge on any atom is 0.226 e. The summed E-state index contributed by atoms with van der Waals surface area (Å²) in [5, 5.41) is 0. The molecule has 0 aromatic carbocycles. The van der Waals surface area contributed by atoms with Gasteiger partial charge in [0.1, 0.15) is 0 Å². The molecule has 0 spiro atoms. The summed E-state index contributed by atoms with van der Waals surface area (Å²) in [5.41, 5.74) is 1.00. The summed E-state index contributed by atoms with van der Waals surface area (Å²) in [6.45, 7) is 4.95. The predicted octanol–water partition coefficient (Wildman–Crippen LogP) is 3.06. The van der Waals surface area contributed by atoms with Crippen molar-refractivity contribution in [2.75, 3.05) is 19.6 Å². The first-order chi connectivity index (χ1) is 11.7. The third-order valence-electron chi connectivity index (χ3n) is 5.47. The van der Waals surface area contributed by atoms with Crippen LogP contribution in [-0.4, -0.2) is 41.2 Å². The molecule has 132 valence electrons. The van der Waals surface area contributed by atoms with E-state index in [0.29, 0.717) is 13.1 Å². The molecule has 5 nitrogen and oxygen atoms in total. The van der Waals surface area contributed by atoms with Crippen LogP contribution in [0.3, 0.4) is 0 Å². The number of amides is 2. The van der Waals surface area contributed by atoms with Gasteiger partial charge in [-0.05, 0) is 38.7 Å². The molecule has 2 atom stereocenters. The largest absolute Gasteiger partial charge is 0.472 e. The highest BCUT2D eigenvalue weighted by Gasteiger charge is 2.39. The maximum absolute atomic E-state index is 13.1. The number of furan rings is 1. The average molecular weight is 332 g/mol. The minimum absolute atomic E-state index is 0.122. The first-order valence-electron chi connectivity index (χ1n) is 9.29. The molecule has 2 fully saturated rings. The van der Waals surface area contributed by atoms with E-state index in [2.05, 4.69) is 0 Å². The number of carbonyl (C=O) groups excluding carboxylic acids is 2. The molecule has 1 aliphatic heterocycles. The van der Waals surface area contributed by atoms with Crippen molar-refractivity contribution in [1.82, 2.24) is 9.80 Å². The van der Waals surface area contributed by atoms with Crippen molar-refractivity contribution in [3.8, 4) is 0 Å². The van der Waals surface area contributed by atoms with Crippen LogP contribution < -0.4 is 0 Å². The number of hydrogen-bond acceptors (Lipinski definition) is 3. The molecule has 0 radical (unpaired) electrons. The van der Waals surface area contributed by atoms with Crippen molar-refractivity contribution in [3.63, 3.8) is 0 Å². The third kappa shape index (κ3) is 3.65. The van der Waals surface area contributed by atoms with Crippen molar-refractivity contribution in [3.05, 3.63) is 24.2 Å². The number of likely N-dealkylation sites (tertiary alicyclic amines) is 1. The highest BCUT2D eigenvalue weighted by Crippen LogP contribution is 2.34. The Morgan fingerprint density at radius 2 is 1.88 bits per heavy atom. The van der Waals surface area contributed by atoms with Crippen molar-refractivity contribution in [1.29, 1.82) is 0 Å². The fraction of sp³-hybridized carbons (Fsp3) is 0.684. The highest BCUT2D eigenvalue weighted by atomic mass is 16.3. The zero-order chi connectivity index (χ0) is 16.9. The lowest BCUT2D eigenvalue weighted by atomic mass is 9.77. The highest BCUT2D eigenvalue weighted by molar-refractivity contribution is 5.88. The van der Waals surface area contributed by atoms with Crippen LogP contribution in [0.4, 0.5) is 0 Å². The summed E-state index contributed by atoms with van der Waals surface area (Å²) in [6.07, 6.45) is 9.31. The standard InChI is InChI=1S/C19H28N2O3/c1-2-20(13-15-9-12-24-14-15)18(22)16-7-3-4-8-17(16)19(23)21-10-5-6-11-21/h9,12,14,16-17H,2-8,10-11,13H2,1H3/t16-,17+/m1/s1. The Morgan fingerprint density at radius 3 is 2.50 bits per heavy atom. The molecule has 5 heteroatoms. The summed E-state index contributed by atoms with van der Waals surface area (Å²) in [4.78, 5) is 29.8. The molecule has 1 aliphatic carbocycles. The van der Waals surface area contributed by atoms with E-state index < -0.39 is 0 Å². The molecule has 0 unspecified atom stereocenters. The van der Waals surface area contributed by atoms with Crippen LogP contribution in [0.1, 0.15) is 51.0 Å². The second-order valence-electron chi connectivity index (χ2n) is 7.01. The van der Waals surface area contributed by atoms with E-state index in [1.165, 1.54) is 0 Å². The van der Waals surface area contributed by atoms with Crippen molar-refractivity contribution >= 4 is 11.8 Å². The van der Waals surface area contributed by atoms with Crippen molar-refractivity contribution in [2.45, 2.75) is 52.0 Å². The Morgan fingerprint density at radius 1 is 1.17 bits per heavy atom. The first kappa shape index (κ1) is 17.1. The summed E-state index contributed by atoms with van der Waals surface area (Å²) in [6, 6.07) is 1.89. The molecule has 24 heavy (non-hydrogen) atoms. The van der Waals surface area contributed by atoms with Crippen LogP contribution >= 0.6 is 0 Å². The Kier molecular flexibility index (Phi) is 5.59. The zero-order valence-corrected chi connectivity index (χ0v) is 14.6. The minimum Gasteiger partial charge on any atom is -0.472 e. The molecule has 2 aliphatic rings. The average Bonchev–Trinajstić information content (AvgIpc) is 3.32. The number of nitrogens with zero attached hydrogens (tertiary/aromatic N) is 2. The molecular weight excluding hydrogens is 304 g/mol. The third-order valence-corrected chi connectivity index (χ3v) is 5.47. The second kappa shape index (κ2) is 7.86. The molecule has 2 heterocycles. The molecular formula is C19H28N2O3. The predicted molar refractivity (Wildman–Crippen MR) is 91.1 cm³/mol. The lowest BCUT2D eigenvalue weighted by Crippen LogP contribution is -2.45. The van der Waals surface area contributed by atoms with E-state index >= 15 is 0 Å². The monoisotopic (exact) mass is 332 g/mol. The van der Waals surface area contributed by atoms with Gasteiger partial charge in [-0.2, -0.15) is 0 Å². The van der Waals surface area contributed by atoms with Crippen LogP contribution in [0, 0.1) is 11.8 Å². The Labute approximate surface area is 144 Å². The number of carbonyl (C=O) groups is 2. The van der Waals surface area contributed by atoms with Crippen LogP contribution in [-0.2, 0) is 16.1 Å². The molecule has 1 saturated heterocycles. The zero-order valence-electron chi connectivity index (χ0n) is 14.6. The molecule has 0 N–H and O–H groups in total. The van der Waals surface area contributed by atoms with Gasteiger partial charge in [-0.3, -0.25) is 9.59 Å². The fourth-order valence-electron chi connectivity index (χ4n) is 4.08. The smallest absolute Gasteiger partial charge is 0.226 e. The Balaban J connectivity index is 1.70. The van der Waals surface area contributed by atoms with E-state index in [1.54, 1.807) is 12.5 Å². The Hall–Kier alpha value is -1.78. The lowest BCUT2D eigenvalue weighted by Gasteiger charge is -2.35. The molecule has 1 aromatic heterocycles. The van der Waals surface area contributed by atoms with Gasteiger partial charge in [0.15, 0.2) is 0 Å². The van der Waals surface area contributed by atoms with Gasteiger partial charge in [0.25, 0.3) is 0 Å². The first-order valence-corrected chi connectivity index (χ1v) is 9.29. The van der Waals surface area contributed by atoms with Crippen molar-refractivity contribution in [2.24, 2.45) is 11.8 Å². The quantitative estimate of drug-likeness (QED) is 0.833. The van der Waals surface area contributed by atoms with Crippen LogP contribution in [0.15, 0.2) is 23.0 Å². The van der Waals surface area contributed by atoms with Crippen LogP contribution in [0.2, 0.25) is 0 Å². The van der Waals surface area contributed by atoms with Gasteiger partial charge in [-0.1, -0.05) is 12.8 Å². The van der Waals surface area contributed by atoms with Gasteiger partial charge in [0.05, 0.1) is 12.5 Å². The number of hydrogen-bond donors (Lipinski definition) is 0. The van der Waals surface area contributed by atoms with Crippen LogP contribution in [0.25, 0.3) is 0 Å². The molecule has 1 aromatic rings. The van der Waals surface area contributed by atoms with E-state index in [1.807, 2.05) is 22.8 Å². The van der Waals surface area contributed by atoms with E-state index in [4.69, 9.17) is 4.42 Å². The van der Waals surface area contributed by atoms with Gasteiger partial charge in [-0.25, -0.2) is 0 Å². The lowest BCUT2D eigenvalue weighted by molar-refractivity contribution is -0.148. The molecule has 0 bridgehead atoms. The SMILES string of the molecule is CCN(Cc1ccoc1)C(=O)[C@@H]1CCCC[C@@H]1C(=O)N1CCCC1.